The number of carbonyl (C=O) groups is 1. The third-order valence-electron chi connectivity index (χ3n) is 2.89. The number of hydrogen-bond donors (Lipinski definition) is 1. The van der Waals surface area contributed by atoms with E-state index in [1.807, 2.05) is 6.07 Å². The molecule has 1 atom stereocenters. The third-order valence-corrected chi connectivity index (χ3v) is 3.33. The molecule has 0 spiro atoms. The molecule has 1 N–H and O–H groups in total. The van der Waals surface area contributed by atoms with E-state index >= 15 is 0 Å². The van der Waals surface area contributed by atoms with Crippen molar-refractivity contribution >= 4 is 21.7 Å². The van der Waals surface area contributed by atoms with Crippen LogP contribution in [0.5, 0.6) is 0 Å². The van der Waals surface area contributed by atoms with E-state index in [2.05, 4.69) is 26.2 Å². The molecule has 1 saturated heterocycles. The molecule has 3 nitrogen and oxygen atoms in total. The van der Waals surface area contributed by atoms with Crippen LogP contribution in [0, 0.1) is 5.92 Å². The Morgan fingerprint density at radius 3 is 3.12 bits per heavy atom. The van der Waals surface area contributed by atoms with Gasteiger partial charge in [0.15, 0.2) is 0 Å². The Morgan fingerprint density at radius 1 is 1.56 bits per heavy atom. The van der Waals surface area contributed by atoms with Gasteiger partial charge in [0.25, 0.3) is 0 Å². The lowest BCUT2D eigenvalue weighted by Crippen LogP contribution is -2.35. The molecule has 1 unspecified atom stereocenters. The van der Waals surface area contributed by atoms with Crippen LogP contribution in [0.2, 0.25) is 0 Å². The summed E-state index contributed by atoms with van der Waals surface area (Å²) in [6.07, 6.45) is 6.12. The molecule has 0 saturated carbocycles. The predicted octanol–water partition coefficient (Wildman–Crippen LogP) is 1.96. The maximum atomic E-state index is 12.0. The zero-order valence-corrected chi connectivity index (χ0v) is 10.7. The van der Waals surface area contributed by atoms with Gasteiger partial charge in [-0.2, -0.15) is 0 Å². The number of pyridine rings is 1. The van der Waals surface area contributed by atoms with Crippen molar-refractivity contribution in [1.82, 2.24) is 10.3 Å². The largest absolute Gasteiger partial charge is 0.316 e. The van der Waals surface area contributed by atoms with Crippen LogP contribution in [0.4, 0.5) is 0 Å². The molecule has 16 heavy (non-hydrogen) atoms. The highest BCUT2D eigenvalue weighted by Gasteiger charge is 2.20. The molecule has 0 aromatic carbocycles. The summed E-state index contributed by atoms with van der Waals surface area (Å²) in [6, 6.07) is 1.96. The Labute approximate surface area is 104 Å². The second-order valence-corrected chi connectivity index (χ2v) is 5.11. The van der Waals surface area contributed by atoms with Gasteiger partial charge in [0, 0.05) is 35.7 Å². The van der Waals surface area contributed by atoms with Crippen LogP contribution >= 0.6 is 15.9 Å². The quantitative estimate of drug-likeness (QED) is 0.922. The van der Waals surface area contributed by atoms with Crippen molar-refractivity contribution in [2.45, 2.75) is 19.3 Å². The number of rotatable bonds is 3. The van der Waals surface area contributed by atoms with Crippen LogP contribution in [-0.2, 0) is 11.2 Å². The van der Waals surface area contributed by atoms with Crippen molar-refractivity contribution in [2.75, 3.05) is 13.1 Å². The van der Waals surface area contributed by atoms with Crippen molar-refractivity contribution in [3.05, 3.63) is 28.5 Å². The molecular formula is C12H15BrN2O. The summed E-state index contributed by atoms with van der Waals surface area (Å²) in [5.74, 6) is 0.514. The Balaban J connectivity index is 1.96. The monoisotopic (exact) mass is 282 g/mol. The maximum absolute atomic E-state index is 12.0. The zero-order valence-electron chi connectivity index (χ0n) is 9.08. The lowest BCUT2D eigenvalue weighted by Gasteiger charge is -2.21. The van der Waals surface area contributed by atoms with Crippen LogP contribution in [0.1, 0.15) is 18.4 Å². The minimum atomic E-state index is 0.188. The first-order valence-corrected chi connectivity index (χ1v) is 6.38. The van der Waals surface area contributed by atoms with E-state index < -0.39 is 0 Å². The van der Waals surface area contributed by atoms with Gasteiger partial charge in [-0.15, -0.1) is 0 Å². The molecule has 0 bridgehead atoms. The minimum Gasteiger partial charge on any atom is -0.316 e. The Kier molecular flexibility index (Phi) is 4.07. The smallest absolute Gasteiger partial charge is 0.141 e. The van der Waals surface area contributed by atoms with Gasteiger partial charge >= 0.3 is 0 Å². The summed E-state index contributed by atoms with van der Waals surface area (Å²) >= 11 is 3.36. The number of piperidine rings is 1. The van der Waals surface area contributed by atoms with Crippen molar-refractivity contribution < 1.29 is 4.79 Å². The molecule has 0 radical (unpaired) electrons. The van der Waals surface area contributed by atoms with Gasteiger partial charge in [0.2, 0.25) is 0 Å². The standard InChI is InChI=1S/C12H15BrN2O/c13-11-4-9(6-15-8-11)5-12(16)10-2-1-3-14-7-10/h4,6,8,10,14H,1-3,5,7H2. The number of halogens is 1. The van der Waals surface area contributed by atoms with E-state index in [9.17, 15) is 4.79 Å². The van der Waals surface area contributed by atoms with E-state index in [1.165, 1.54) is 0 Å². The molecule has 1 aromatic heterocycles. The lowest BCUT2D eigenvalue weighted by molar-refractivity contribution is -0.122. The summed E-state index contributed by atoms with van der Waals surface area (Å²) in [5, 5.41) is 3.27. The van der Waals surface area contributed by atoms with Crippen LogP contribution < -0.4 is 5.32 Å². The first kappa shape index (κ1) is 11.7. The van der Waals surface area contributed by atoms with E-state index in [-0.39, 0.29) is 5.92 Å². The topological polar surface area (TPSA) is 42.0 Å². The Morgan fingerprint density at radius 2 is 2.44 bits per heavy atom. The maximum Gasteiger partial charge on any atom is 0.141 e. The summed E-state index contributed by atoms with van der Waals surface area (Å²) < 4.78 is 0.930. The van der Waals surface area contributed by atoms with Crippen molar-refractivity contribution in [3.63, 3.8) is 0 Å². The lowest BCUT2D eigenvalue weighted by atomic mass is 9.92. The highest BCUT2D eigenvalue weighted by molar-refractivity contribution is 9.10. The van der Waals surface area contributed by atoms with Gasteiger partial charge in [0.05, 0.1) is 0 Å². The molecule has 1 aliphatic heterocycles. The Bertz CT molecular complexity index is 375. The molecule has 86 valence electrons. The van der Waals surface area contributed by atoms with Crippen LogP contribution in [0.25, 0.3) is 0 Å². The Hall–Kier alpha value is -0.740. The molecule has 2 heterocycles. The molecule has 1 aromatic rings. The first-order valence-electron chi connectivity index (χ1n) is 5.58. The van der Waals surface area contributed by atoms with Gasteiger partial charge in [-0.05, 0) is 46.9 Å². The summed E-state index contributed by atoms with van der Waals surface area (Å²) in [7, 11) is 0. The average Bonchev–Trinajstić information content (AvgIpc) is 2.30. The fraction of sp³-hybridized carbons (Fsp3) is 0.500. The highest BCUT2D eigenvalue weighted by Crippen LogP contribution is 2.15. The van der Waals surface area contributed by atoms with E-state index in [0.717, 1.165) is 36.0 Å². The number of carbonyl (C=O) groups excluding carboxylic acids is 1. The van der Waals surface area contributed by atoms with E-state index in [0.29, 0.717) is 12.2 Å². The van der Waals surface area contributed by atoms with Crippen LogP contribution in [-0.4, -0.2) is 23.9 Å². The molecule has 4 heteroatoms. The predicted molar refractivity (Wildman–Crippen MR) is 66.2 cm³/mol. The first-order chi connectivity index (χ1) is 7.75. The average molecular weight is 283 g/mol. The summed E-state index contributed by atoms with van der Waals surface area (Å²) in [5.41, 5.74) is 0.991. The van der Waals surface area contributed by atoms with Crippen LogP contribution in [0.3, 0.4) is 0 Å². The molecular weight excluding hydrogens is 268 g/mol. The molecule has 0 aliphatic carbocycles. The number of nitrogens with one attached hydrogen (secondary N) is 1. The van der Waals surface area contributed by atoms with Gasteiger partial charge < -0.3 is 5.32 Å². The van der Waals surface area contributed by atoms with Gasteiger partial charge in [-0.3, -0.25) is 9.78 Å². The van der Waals surface area contributed by atoms with Crippen LogP contribution in [0.15, 0.2) is 22.9 Å². The summed E-state index contributed by atoms with van der Waals surface area (Å²) in [4.78, 5) is 16.1. The second kappa shape index (κ2) is 5.55. The molecule has 2 rings (SSSR count). The highest BCUT2D eigenvalue weighted by atomic mass is 79.9. The zero-order chi connectivity index (χ0) is 11.4. The van der Waals surface area contributed by atoms with Gasteiger partial charge in [0.1, 0.15) is 5.78 Å². The molecule has 1 aliphatic rings. The van der Waals surface area contributed by atoms with E-state index in [4.69, 9.17) is 0 Å². The number of aromatic nitrogens is 1. The van der Waals surface area contributed by atoms with Crippen molar-refractivity contribution in [2.24, 2.45) is 5.92 Å². The molecule has 1 fully saturated rings. The van der Waals surface area contributed by atoms with Crippen molar-refractivity contribution in [1.29, 1.82) is 0 Å². The van der Waals surface area contributed by atoms with Gasteiger partial charge in [-0.25, -0.2) is 0 Å². The van der Waals surface area contributed by atoms with Gasteiger partial charge in [-0.1, -0.05) is 0 Å². The fourth-order valence-corrected chi connectivity index (χ4v) is 2.44. The SMILES string of the molecule is O=C(Cc1cncc(Br)c1)C1CCCNC1. The second-order valence-electron chi connectivity index (χ2n) is 4.20. The van der Waals surface area contributed by atoms with Crippen molar-refractivity contribution in [3.8, 4) is 0 Å². The number of ketones is 1. The number of Topliss-reactive ketones (excluding diaryl/α,β-unsaturated/α-hetero) is 1. The molecule has 0 amide bonds. The third kappa shape index (κ3) is 3.12. The normalized spacial score (nSPS) is 20.7. The fourth-order valence-electron chi connectivity index (χ4n) is 2.02. The van der Waals surface area contributed by atoms with E-state index in [1.54, 1.807) is 12.4 Å². The summed E-state index contributed by atoms with van der Waals surface area (Å²) in [6.45, 7) is 1.88. The number of nitrogens with zero attached hydrogens (tertiary/aromatic N) is 1. The minimum absolute atomic E-state index is 0.188. The number of hydrogen-bond acceptors (Lipinski definition) is 3.